The second-order valence-corrected chi connectivity index (χ2v) is 6.92. The lowest BCUT2D eigenvalue weighted by molar-refractivity contribution is -0.140. The first-order valence-corrected chi connectivity index (χ1v) is 9.60. The van der Waals surface area contributed by atoms with Gasteiger partial charge in [-0.2, -0.15) is 0 Å². The smallest absolute Gasteiger partial charge is 0.170 e. The molecule has 0 aliphatic rings. The highest BCUT2D eigenvalue weighted by molar-refractivity contribution is 5.89. The van der Waals surface area contributed by atoms with Crippen molar-refractivity contribution in [1.82, 2.24) is 0 Å². The van der Waals surface area contributed by atoms with E-state index in [1.807, 2.05) is 18.2 Å². The van der Waals surface area contributed by atoms with Crippen LogP contribution in [0.25, 0.3) is 0 Å². The highest BCUT2D eigenvalue weighted by Gasteiger charge is 2.40. The van der Waals surface area contributed by atoms with Gasteiger partial charge in [-0.25, -0.2) is 0 Å². The lowest BCUT2D eigenvalue weighted by atomic mass is 9.82. The van der Waals surface area contributed by atoms with Gasteiger partial charge in [0.25, 0.3) is 0 Å². The molecule has 136 valence electrons. The van der Waals surface area contributed by atoms with Crippen molar-refractivity contribution in [3.63, 3.8) is 0 Å². The summed E-state index contributed by atoms with van der Waals surface area (Å²) in [5.74, 6) is -0.161. The van der Waals surface area contributed by atoms with Crippen molar-refractivity contribution < 1.29 is 9.90 Å². The summed E-state index contributed by atoms with van der Waals surface area (Å²) in [5, 5.41) is 10.9. The maximum atomic E-state index is 12.6. The molecule has 0 saturated heterocycles. The van der Waals surface area contributed by atoms with E-state index >= 15 is 0 Å². The number of carbonyl (C=O) groups excluding carboxylic acids is 1. The minimum absolute atomic E-state index is 0.161. The van der Waals surface area contributed by atoms with Crippen LogP contribution >= 0.6 is 0 Å². The molecular formula is C21H35NO2. The molecule has 24 heavy (non-hydrogen) atoms. The third kappa shape index (κ3) is 6.37. The van der Waals surface area contributed by atoms with Crippen molar-refractivity contribution in [1.29, 1.82) is 0 Å². The second kappa shape index (κ2) is 11.4. The van der Waals surface area contributed by atoms with Gasteiger partial charge in [0.2, 0.25) is 0 Å². The largest absolute Gasteiger partial charge is 0.376 e. The van der Waals surface area contributed by atoms with Crippen molar-refractivity contribution in [2.24, 2.45) is 5.73 Å². The van der Waals surface area contributed by atoms with E-state index in [9.17, 15) is 9.90 Å². The Morgan fingerprint density at radius 1 is 1.00 bits per heavy atom. The average Bonchev–Trinajstić information content (AvgIpc) is 2.59. The summed E-state index contributed by atoms with van der Waals surface area (Å²) in [5.41, 5.74) is 4.97. The molecule has 3 nitrogen and oxygen atoms in total. The molecule has 0 fully saturated rings. The van der Waals surface area contributed by atoms with Gasteiger partial charge in [-0.05, 0) is 18.9 Å². The van der Waals surface area contributed by atoms with Crippen LogP contribution in [-0.2, 0) is 10.4 Å². The highest BCUT2D eigenvalue weighted by Crippen LogP contribution is 2.27. The molecule has 1 aromatic rings. The summed E-state index contributed by atoms with van der Waals surface area (Å²) in [7, 11) is 0. The van der Waals surface area contributed by atoms with E-state index < -0.39 is 11.6 Å². The van der Waals surface area contributed by atoms with Crippen LogP contribution in [0.15, 0.2) is 30.3 Å². The van der Waals surface area contributed by atoms with Gasteiger partial charge in [0, 0.05) is 12.5 Å². The number of carbonyl (C=O) groups is 1. The van der Waals surface area contributed by atoms with Crippen molar-refractivity contribution in [2.45, 2.75) is 89.7 Å². The zero-order valence-corrected chi connectivity index (χ0v) is 15.5. The Morgan fingerprint density at radius 3 is 2.00 bits per heavy atom. The molecule has 1 rings (SSSR count). The molecule has 1 aromatic carbocycles. The molecule has 0 aliphatic heterocycles. The summed E-state index contributed by atoms with van der Waals surface area (Å²) >= 11 is 0. The normalized spacial score (nSPS) is 15.0. The standard InChI is InChI=1S/C21H35NO2/c1-3-4-5-6-7-8-9-10-14-17-20(23)21(24,18(2)22)19-15-12-11-13-16-19/h11-13,15-16,18,24H,3-10,14,17,22H2,1-2H3. The molecule has 3 N–H and O–H groups in total. The molecule has 3 heteroatoms. The zero-order chi connectivity index (χ0) is 17.8. The Kier molecular flexibility index (Phi) is 9.89. The second-order valence-electron chi connectivity index (χ2n) is 6.92. The lowest BCUT2D eigenvalue weighted by Crippen LogP contribution is -2.49. The summed E-state index contributed by atoms with van der Waals surface area (Å²) in [6.07, 6.45) is 11.3. The summed E-state index contributed by atoms with van der Waals surface area (Å²) in [6, 6.07) is 8.46. The first-order valence-electron chi connectivity index (χ1n) is 9.60. The van der Waals surface area contributed by atoms with E-state index in [0.717, 1.165) is 12.8 Å². The molecule has 0 amide bonds. The maximum absolute atomic E-state index is 12.6. The fourth-order valence-corrected chi connectivity index (χ4v) is 3.16. The maximum Gasteiger partial charge on any atom is 0.170 e. The van der Waals surface area contributed by atoms with E-state index in [0.29, 0.717) is 12.0 Å². The summed E-state index contributed by atoms with van der Waals surface area (Å²) in [4.78, 5) is 12.6. The Morgan fingerprint density at radius 2 is 1.50 bits per heavy atom. The summed E-state index contributed by atoms with van der Waals surface area (Å²) < 4.78 is 0. The predicted molar refractivity (Wildman–Crippen MR) is 101 cm³/mol. The molecule has 0 saturated carbocycles. The van der Waals surface area contributed by atoms with E-state index in [-0.39, 0.29) is 5.78 Å². The number of hydrogen-bond donors (Lipinski definition) is 2. The van der Waals surface area contributed by atoms with Crippen LogP contribution in [0.4, 0.5) is 0 Å². The van der Waals surface area contributed by atoms with Gasteiger partial charge >= 0.3 is 0 Å². The number of ketones is 1. The number of Topliss-reactive ketones (excluding diaryl/α,β-unsaturated/α-hetero) is 1. The number of hydrogen-bond acceptors (Lipinski definition) is 3. The number of aliphatic hydroxyl groups is 1. The zero-order valence-electron chi connectivity index (χ0n) is 15.5. The minimum atomic E-state index is -1.57. The van der Waals surface area contributed by atoms with Crippen LogP contribution in [0.1, 0.15) is 83.6 Å². The number of benzene rings is 1. The third-order valence-corrected chi connectivity index (χ3v) is 4.81. The monoisotopic (exact) mass is 333 g/mol. The van der Waals surface area contributed by atoms with Gasteiger partial charge in [-0.15, -0.1) is 0 Å². The van der Waals surface area contributed by atoms with Gasteiger partial charge in [-0.1, -0.05) is 88.6 Å². The molecule has 0 bridgehead atoms. The van der Waals surface area contributed by atoms with Crippen molar-refractivity contribution >= 4 is 5.78 Å². The van der Waals surface area contributed by atoms with Crippen LogP contribution in [0.2, 0.25) is 0 Å². The third-order valence-electron chi connectivity index (χ3n) is 4.81. The Labute approximate surface area is 147 Å². The average molecular weight is 334 g/mol. The molecule has 0 spiro atoms. The summed E-state index contributed by atoms with van der Waals surface area (Å²) in [6.45, 7) is 3.93. The number of rotatable bonds is 13. The van der Waals surface area contributed by atoms with Gasteiger partial charge in [0.15, 0.2) is 11.4 Å². The van der Waals surface area contributed by atoms with Crippen LogP contribution in [0.3, 0.4) is 0 Å². The molecule has 0 aliphatic carbocycles. The fraction of sp³-hybridized carbons (Fsp3) is 0.667. The quantitative estimate of drug-likeness (QED) is 0.514. The number of nitrogens with two attached hydrogens (primary N) is 1. The first kappa shape index (κ1) is 20.9. The highest BCUT2D eigenvalue weighted by atomic mass is 16.3. The van der Waals surface area contributed by atoms with Gasteiger partial charge in [0.05, 0.1) is 0 Å². The molecule has 2 unspecified atom stereocenters. The van der Waals surface area contributed by atoms with Crippen molar-refractivity contribution in [3.05, 3.63) is 35.9 Å². The van der Waals surface area contributed by atoms with Gasteiger partial charge < -0.3 is 10.8 Å². The Balaban J connectivity index is 2.34. The predicted octanol–water partition coefficient (Wildman–Crippen LogP) is 4.71. The molecule has 0 heterocycles. The molecule has 2 atom stereocenters. The first-order chi connectivity index (χ1) is 11.5. The van der Waals surface area contributed by atoms with E-state index in [2.05, 4.69) is 6.92 Å². The molecule has 0 aromatic heterocycles. The SMILES string of the molecule is CCCCCCCCCCCC(=O)C(O)(c1ccccc1)C(C)N. The Bertz CT molecular complexity index is 458. The molecule has 0 radical (unpaired) electrons. The lowest BCUT2D eigenvalue weighted by Gasteiger charge is -2.31. The number of unbranched alkanes of at least 4 members (excludes halogenated alkanes) is 8. The van der Waals surface area contributed by atoms with E-state index in [4.69, 9.17) is 5.73 Å². The Hall–Kier alpha value is -1.19. The minimum Gasteiger partial charge on any atom is -0.376 e. The van der Waals surface area contributed by atoms with Crippen LogP contribution in [0, 0.1) is 0 Å². The van der Waals surface area contributed by atoms with Gasteiger partial charge in [0.1, 0.15) is 0 Å². The molecular weight excluding hydrogens is 298 g/mol. The van der Waals surface area contributed by atoms with E-state index in [1.165, 1.54) is 44.9 Å². The van der Waals surface area contributed by atoms with Crippen LogP contribution in [0.5, 0.6) is 0 Å². The fourth-order valence-electron chi connectivity index (χ4n) is 3.16. The van der Waals surface area contributed by atoms with Crippen LogP contribution < -0.4 is 5.73 Å². The van der Waals surface area contributed by atoms with E-state index in [1.54, 1.807) is 19.1 Å². The topological polar surface area (TPSA) is 63.3 Å². The van der Waals surface area contributed by atoms with Crippen molar-refractivity contribution in [3.8, 4) is 0 Å². The van der Waals surface area contributed by atoms with Gasteiger partial charge in [-0.3, -0.25) is 4.79 Å². The van der Waals surface area contributed by atoms with Crippen molar-refractivity contribution in [2.75, 3.05) is 0 Å². The van der Waals surface area contributed by atoms with Crippen LogP contribution in [-0.4, -0.2) is 16.9 Å².